The van der Waals surface area contributed by atoms with Crippen LogP contribution in [0.25, 0.3) is 11.3 Å². The van der Waals surface area contributed by atoms with Crippen molar-refractivity contribution >= 4 is 12.6 Å². The van der Waals surface area contributed by atoms with E-state index < -0.39 is 18.9 Å². The van der Waals surface area contributed by atoms with E-state index in [1.807, 2.05) is 0 Å². The molecule has 2 rings (SSSR count). The average Bonchev–Trinajstić information content (AvgIpc) is 2.37. The van der Waals surface area contributed by atoms with Gasteiger partial charge in [-0.3, -0.25) is 4.98 Å². The Hall–Kier alpha value is -1.86. The molecule has 0 atom stereocenters. The van der Waals surface area contributed by atoms with Crippen molar-refractivity contribution in [3.05, 3.63) is 47.7 Å². The largest absolute Gasteiger partial charge is 0.490 e. The van der Waals surface area contributed by atoms with Crippen LogP contribution < -0.4 is 5.46 Å². The molecule has 1 aromatic carbocycles. The van der Waals surface area contributed by atoms with E-state index in [1.54, 1.807) is 6.92 Å². The second-order valence-corrected chi connectivity index (χ2v) is 4.31. The number of benzene rings is 1. The van der Waals surface area contributed by atoms with E-state index >= 15 is 0 Å². The normalized spacial score (nSPS) is 11.5. The van der Waals surface area contributed by atoms with Gasteiger partial charge in [-0.25, -0.2) is 0 Å². The monoisotopic (exact) mass is 281 g/mol. The summed E-state index contributed by atoms with van der Waals surface area (Å²) in [6, 6.07) is 7.78. The molecular formula is C13H11BF3NO2. The minimum Gasteiger partial charge on any atom is -0.423 e. The SMILES string of the molecule is Cc1ccc(B(O)O)c(-c2ccccc2C(F)(F)F)n1. The highest BCUT2D eigenvalue weighted by Crippen LogP contribution is 2.35. The maximum atomic E-state index is 13.0. The third-order valence-corrected chi connectivity index (χ3v) is 2.83. The maximum Gasteiger partial charge on any atom is 0.490 e. The number of halogens is 3. The summed E-state index contributed by atoms with van der Waals surface area (Å²) in [6.07, 6.45) is -4.54. The molecule has 20 heavy (non-hydrogen) atoms. The number of pyridine rings is 1. The Kier molecular flexibility index (Phi) is 3.83. The van der Waals surface area contributed by atoms with Gasteiger partial charge >= 0.3 is 13.3 Å². The first-order chi connectivity index (χ1) is 9.30. The molecule has 104 valence electrons. The van der Waals surface area contributed by atoms with Crippen LogP contribution in [0.5, 0.6) is 0 Å². The summed E-state index contributed by atoms with van der Waals surface area (Å²) in [5, 5.41) is 18.6. The van der Waals surface area contributed by atoms with Crippen molar-refractivity contribution in [1.29, 1.82) is 0 Å². The second-order valence-electron chi connectivity index (χ2n) is 4.31. The molecule has 0 saturated heterocycles. The molecule has 0 bridgehead atoms. The topological polar surface area (TPSA) is 53.4 Å². The highest BCUT2D eigenvalue weighted by molar-refractivity contribution is 6.60. The van der Waals surface area contributed by atoms with E-state index in [4.69, 9.17) is 0 Å². The van der Waals surface area contributed by atoms with Crippen LogP contribution in [0.3, 0.4) is 0 Å². The van der Waals surface area contributed by atoms with Crippen molar-refractivity contribution in [2.45, 2.75) is 13.1 Å². The van der Waals surface area contributed by atoms with Gasteiger partial charge in [0.2, 0.25) is 0 Å². The minimum absolute atomic E-state index is 0.0627. The van der Waals surface area contributed by atoms with Crippen molar-refractivity contribution in [3.63, 3.8) is 0 Å². The second kappa shape index (κ2) is 5.26. The van der Waals surface area contributed by atoms with Crippen LogP contribution in [0.4, 0.5) is 13.2 Å². The summed E-state index contributed by atoms with van der Waals surface area (Å²) in [5.41, 5.74) is -0.687. The molecule has 0 aliphatic carbocycles. The van der Waals surface area contributed by atoms with E-state index in [0.717, 1.165) is 6.07 Å². The molecule has 7 heteroatoms. The van der Waals surface area contributed by atoms with Crippen LogP contribution in [0.1, 0.15) is 11.3 Å². The molecule has 0 spiro atoms. The third kappa shape index (κ3) is 2.83. The van der Waals surface area contributed by atoms with Gasteiger partial charge in [0.05, 0.1) is 11.3 Å². The Morgan fingerprint density at radius 2 is 1.70 bits per heavy atom. The first-order valence-electron chi connectivity index (χ1n) is 5.81. The lowest BCUT2D eigenvalue weighted by molar-refractivity contribution is -0.137. The van der Waals surface area contributed by atoms with Crippen molar-refractivity contribution in [3.8, 4) is 11.3 Å². The Bertz CT molecular complexity index is 629. The lowest BCUT2D eigenvalue weighted by atomic mass is 9.77. The van der Waals surface area contributed by atoms with Gasteiger partial charge in [0, 0.05) is 16.7 Å². The predicted molar refractivity (Wildman–Crippen MR) is 69.2 cm³/mol. The average molecular weight is 281 g/mol. The lowest BCUT2D eigenvalue weighted by Gasteiger charge is -2.15. The third-order valence-electron chi connectivity index (χ3n) is 2.83. The summed E-state index contributed by atoms with van der Waals surface area (Å²) in [7, 11) is -1.89. The van der Waals surface area contributed by atoms with Crippen molar-refractivity contribution in [2.24, 2.45) is 0 Å². The lowest BCUT2D eigenvalue weighted by Crippen LogP contribution is -2.33. The minimum atomic E-state index is -4.54. The van der Waals surface area contributed by atoms with Crippen LogP contribution in [-0.4, -0.2) is 22.2 Å². The van der Waals surface area contributed by atoms with Gasteiger partial charge in [-0.2, -0.15) is 13.2 Å². The summed E-state index contributed by atoms with van der Waals surface area (Å²) in [6.45, 7) is 1.62. The Morgan fingerprint density at radius 1 is 1.05 bits per heavy atom. The summed E-state index contributed by atoms with van der Waals surface area (Å²) in [5.74, 6) is 0. The molecule has 1 heterocycles. The van der Waals surface area contributed by atoms with Gasteiger partial charge < -0.3 is 10.0 Å². The van der Waals surface area contributed by atoms with Gasteiger partial charge in [-0.05, 0) is 19.1 Å². The molecule has 0 aliphatic heterocycles. The maximum absolute atomic E-state index is 13.0. The summed E-state index contributed by atoms with van der Waals surface area (Å²) < 4.78 is 39.0. The Morgan fingerprint density at radius 3 is 2.30 bits per heavy atom. The van der Waals surface area contributed by atoms with E-state index in [-0.39, 0.29) is 16.7 Å². The van der Waals surface area contributed by atoms with E-state index in [9.17, 15) is 23.2 Å². The smallest absolute Gasteiger partial charge is 0.423 e. The predicted octanol–water partition coefficient (Wildman–Crippen LogP) is 1.76. The van der Waals surface area contributed by atoms with Crippen molar-refractivity contribution in [1.82, 2.24) is 4.98 Å². The molecule has 0 fully saturated rings. The zero-order valence-electron chi connectivity index (χ0n) is 10.5. The number of aryl methyl sites for hydroxylation is 1. The quantitative estimate of drug-likeness (QED) is 0.825. The van der Waals surface area contributed by atoms with Crippen LogP contribution >= 0.6 is 0 Å². The van der Waals surface area contributed by atoms with Crippen molar-refractivity contribution < 1.29 is 23.2 Å². The molecule has 3 nitrogen and oxygen atoms in total. The van der Waals surface area contributed by atoms with Crippen molar-refractivity contribution in [2.75, 3.05) is 0 Å². The fraction of sp³-hybridized carbons (Fsp3) is 0.154. The molecule has 0 aliphatic rings. The molecule has 2 aromatic rings. The van der Waals surface area contributed by atoms with Crippen LogP contribution in [0.15, 0.2) is 36.4 Å². The van der Waals surface area contributed by atoms with E-state index in [1.165, 1.54) is 30.3 Å². The number of alkyl halides is 3. The number of rotatable bonds is 2. The molecule has 0 unspecified atom stereocenters. The summed E-state index contributed by atoms with van der Waals surface area (Å²) in [4.78, 5) is 4.02. The molecule has 0 radical (unpaired) electrons. The Balaban J connectivity index is 2.72. The number of hydrogen-bond donors (Lipinski definition) is 2. The fourth-order valence-electron chi connectivity index (χ4n) is 1.93. The first-order valence-corrected chi connectivity index (χ1v) is 5.81. The molecule has 0 amide bonds. The number of hydrogen-bond acceptors (Lipinski definition) is 3. The van der Waals surface area contributed by atoms with Crippen LogP contribution in [0, 0.1) is 6.92 Å². The van der Waals surface area contributed by atoms with Gasteiger partial charge in [0.15, 0.2) is 0 Å². The highest BCUT2D eigenvalue weighted by atomic mass is 19.4. The van der Waals surface area contributed by atoms with Crippen LogP contribution in [0.2, 0.25) is 0 Å². The van der Waals surface area contributed by atoms with E-state index in [2.05, 4.69) is 4.98 Å². The zero-order chi connectivity index (χ0) is 14.9. The Labute approximate surface area is 113 Å². The standard InChI is InChI=1S/C13H11BF3NO2/c1-8-6-7-11(14(19)20)12(18-8)9-4-2-3-5-10(9)13(15,16)17/h2-7,19-20H,1H3. The number of nitrogens with zero attached hydrogens (tertiary/aromatic N) is 1. The number of aromatic nitrogens is 1. The van der Waals surface area contributed by atoms with E-state index in [0.29, 0.717) is 5.69 Å². The molecule has 2 N–H and O–H groups in total. The molecular weight excluding hydrogens is 270 g/mol. The van der Waals surface area contributed by atoms with Gasteiger partial charge in [0.1, 0.15) is 0 Å². The van der Waals surface area contributed by atoms with Gasteiger partial charge in [-0.1, -0.05) is 24.3 Å². The summed E-state index contributed by atoms with van der Waals surface area (Å²) >= 11 is 0. The zero-order valence-corrected chi connectivity index (χ0v) is 10.5. The highest BCUT2D eigenvalue weighted by Gasteiger charge is 2.34. The fourth-order valence-corrected chi connectivity index (χ4v) is 1.93. The van der Waals surface area contributed by atoms with Gasteiger partial charge in [-0.15, -0.1) is 0 Å². The van der Waals surface area contributed by atoms with Crippen LogP contribution in [-0.2, 0) is 6.18 Å². The molecule has 1 aromatic heterocycles. The van der Waals surface area contributed by atoms with Gasteiger partial charge in [0.25, 0.3) is 0 Å². The molecule has 0 saturated carbocycles. The first kappa shape index (κ1) is 14.6.